The van der Waals surface area contributed by atoms with Gasteiger partial charge in [-0.2, -0.15) is 0 Å². The first-order valence-corrected chi connectivity index (χ1v) is 27.5. The fourth-order valence-electron chi connectivity index (χ4n) is 12.7. The van der Waals surface area contributed by atoms with Crippen molar-refractivity contribution in [1.82, 2.24) is 0 Å². The van der Waals surface area contributed by atoms with Crippen molar-refractivity contribution < 1.29 is 153 Å². The minimum atomic E-state index is -2.91. The molecule has 2 bridgehead atoms. The van der Waals surface area contributed by atoms with Crippen LogP contribution in [0, 0.1) is 0 Å². The maximum absolute atomic E-state index is 15.5. The van der Waals surface area contributed by atoms with Crippen molar-refractivity contribution in [2.75, 3.05) is 27.4 Å². The van der Waals surface area contributed by atoms with Crippen molar-refractivity contribution in [3.05, 3.63) is 81.9 Å². The van der Waals surface area contributed by atoms with E-state index in [4.69, 9.17) is 61.6 Å². The van der Waals surface area contributed by atoms with Crippen LogP contribution in [0.15, 0.2) is 48.5 Å². The van der Waals surface area contributed by atoms with E-state index < -0.39 is 206 Å². The highest BCUT2D eigenvalue weighted by Crippen LogP contribution is 2.68. The predicted octanol–water partition coefficient (Wildman–Crippen LogP) is -3.88. The summed E-state index contributed by atoms with van der Waals surface area (Å²) in [6.45, 7) is 1.23. The van der Waals surface area contributed by atoms with Gasteiger partial charge in [-0.3, -0.25) is 4.79 Å². The number of rotatable bonds is 13. The number of phenols is 5. The van der Waals surface area contributed by atoms with Gasteiger partial charge in [0.25, 0.3) is 5.79 Å². The molecule has 0 radical (unpaired) electrons. The Morgan fingerprint density at radius 1 is 0.494 bits per heavy atom. The zero-order valence-corrected chi connectivity index (χ0v) is 46.1. The molecule has 4 saturated heterocycles. The van der Waals surface area contributed by atoms with Crippen molar-refractivity contribution in [2.45, 2.75) is 166 Å². The van der Waals surface area contributed by atoms with E-state index in [1.807, 2.05) is 0 Å². The van der Waals surface area contributed by atoms with Gasteiger partial charge >= 0.3 is 5.79 Å². The molecule has 4 fully saturated rings. The van der Waals surface area contributed by atoms with Gasteiger partial charge in [0, 0.05) is 40.5 Å². The number of ether oxygens (including phenoxy) is 13. The molecular weight excluding hydrogens is 1170 g/mol. The van der Waals surface area contributed by atoms with Crippen molar-refractivity contribution in [1.29, 1.82) is 0 Å². The summed E-state index contributed by atoms with van der Waals surface area (Å²) in [6, 6.07) is 8.96. The summed E-state index contributed by atoms with van der Waals surface area (Å²) in [7, 11) is 2.41. The Balaban J connectivity index is 0.991. The quantitative estimate of drug-likeness (QED) is 0.0609. The van der Waals surface area contributed by atoms with Gasteiger partial charge in [-0.05, 0) is 49.7 Å². The number of hydrogen-bond acceptors (Lipinski definition) is 31. The van der Waals surface area contributed by atoms with E-state index in [1.54, 1.807) is 0 Å². The van der Waals surface area contributed by atoms with Crippen LogP contribution in [0.2, 0.25) is 0 Å². The molecule has 474 valence electrons. The fourth-order valence-corrected chi connectivity index (χ4v) is 12.7. The molecule has 4 aromatic rings. The average molecular weight is 1230 g/mol. The molecule has 25 unspecified atom stereocenters. The van der Waals surface area contributed by atoms with Crippen LogP contribution in [0.1, 0.15) is 63.9 Å². The van der Waals surface area contributed by atoms with E-state index >= 15 is 4.79 Å². The molecule has 7 aliphatic heterocycles. The smallest absolute Gasteiger partial charge is 0.305 e. The molecule has 25 atom stereocenters. The number of phenolic OH excluding ortho intramolecular Hbond substituents is 5. The molecule has 12 rings (SSSR count). The predicted molar refractivity (Wildman–Crippen MR) is 277 cm³/mol. The van der Waals surface area contributed by atoms with Gasteiger partial charge in [-0.1, -0.05) is 0 Å². The topological polar surface area (TPSA) is 481 Å². The standard InChI is InChI=1S/C56H64O31/c1-15-36(62)40(66)44(70)51(79-15)77-13-29-38(64)42(68)46(72)53(81-29)83-50-34-31-23(60)8-18(57)9-27(31)84-55(50,17-5-6-21(58)25(7-17)75-3)85-28-12-24(61)32-35-19-10-22(59)26(76-4)11-20(19)49(74)56(35,86-48(32)33(28)34)87-54-47(73)43(69)39(65)30(82-54)14-78-52-45(71)41(67)37(63)16(2)80-52/h5-12,15-16,29-30,34-47,50-54,57-73H,13-14H2,1-4H3. The molecule has 4 aromatic carbocycles. The van der Waals surface area contributed by atoms with Crippen molar-refractivity contribution in [2.24, 2.45) is 0 Å². The summed E-state index contributed by atoms with van der Waals surface area (Å²) in [6.07, 6.45) is -38.1. The number of hydrogen-bond donors (Lipinski definition) is 17. The van der Waals surface area contributed by atoms with Gasteiger partial charge in [0.1, 0.15) is 120 Å². The van der Waals surface area contributed by atoms with Crippen LogP contribution in [0.5, 0.6) is 57.5 Å². The highest BCUT2D eigenvalue weighted by Gasteiger charge is 2.69. The Bertz CT molecular complexity index is 3290. The summed E-state index contributed by atoms with van der Waals surface area (Å²) in [5, 5.41) is 190. The second-order valence-corrected chi connectivity index (χ2v) is 22.5. The summed E-state index contributed by atoms with van der Waals surface area (Å²) in [5.41, 5.74) is -1.31. The second kappa shape index (κ2) is 22.4. The van der Waals surface area contributed by atoms with Crippen LogP contribution in [0.3, 0.4) is 0 Å². The number of methoxy groups -OCH3 is 2. The maximum atomic E-state index is 15.5. The van der Waals surface area contributed by atoms with E-state index in [1.165, 1.54) is 46.3 Å². The monoisotopic (exact) mass is 1230 g/mol. The van der Waals surface area contributed by atoms with E-state index in [-0.39, 0.29) is 56.4 Å². The summed E-state index contributed by atoms with van der Waals surface area (Å²) in [4.78, 5) is 15.5. The first-order valence-electron chi connectivity index (χ1n) is 27.5. The van der Waals surface area contributed by atoms with Crippen molar-refractivity contribution >= 4 is 5.78 Å². The molecule has 87 heavy (non-hydrogen) atoms. The third-order valence-corrected chi connectivity index (χ3v) is 17.3. The van der Waals surface area contributed by atoms with Gasteiger partial charge in [0.15, 0.2) is 54.3 Å². The Morgan fingerprint density at radius 3 is 1.60 bits per heavy atom. The van der Waals surface area contributed by atoms with Crippen molar-refractivity contribution in [3.63, 3.8) is 0 Å². The molecule has 0 spiro atoms. The molecule has 1 aliphatic carbocycles. The fraction of sp³-hybridized carbons (Fsp3) is 0.554. The van der Waals surface area contributed by atoms with E-state index in [0.29, 0.717) is 0 Å². The Kier molecular flexibility index (Phi) is 15.7. The highest BCUT2D eigenvalue weighted by molar-refractivity contribution is 6.09. The van der Waals surface area contributed by atoms with E-state index in [2.05, 4.69) is 0 Å². The van der Waals surface area contributed by atoms with Gasteiger partial charge in [0.05, 0.1) is 57.0 Å². The maximum Gasteiger partial charge on any atom is 0.305 e. The number of aliphatic hydroxyl groups is 12. The number of aromatic hydroxyl groups is 5. The SMILES string of the molecule is COc1cc(C23Oc4cc(O)cc(O)c4C(c4c(cc(O)c5c4OC4(OC6OC(COC7OC(C)C(O)C(O)C7O)C(O)C(O)C6O)C(=O)c6cc(OC)c(O)cc6C54)O2)C3OC2OC(COC3OC(C)C(O)C(O)C3O)C(O)C(O)C2O)ccc1O. The minimum Gasteiger partial charge on any atom is -0.508 e. The molecule has 0 aromatic heterocycles. The molecule has 7 heterocycles. The number of carbonyl (C=O) groups is 1. The average Bonchev–Trinajstić information content (AvgIpc) is 1.63. The van der Waals surface area contributed by atoms with Gasteiger partial charge < -0.3 is 148 Å². The van der Waals surface area contributed by atoms with Gasteiger partial charge in [-0.25, -0.2) is 0 Å². The van der Waals surface area contributed by atoms with Gasteiger partial charge in [-0.15, -0.1) is 0 Å². The van der Waals surface area contributed by atoms with Crippen LogP contribution in [-0.4, -0.2) is 255 Å². The van der Waals surface area contributed by atoms with Gasteiger partial charge in [0.2, 0.25) is 5.78 Å². The normalized spacial score (nSPS) is 40.8. The number of carbonyl (C=O) groups excluding carboxylic acids is 1. The van der Waals surface area contributed by atoms with Crippen LogP contribution in [0.25, 0.3) is 0 Å². The molecule has 0 amide bonds. The number of ketones is 1. The van der Waals surface area contributed by atoms with E-state index in [0.717, 1.165) is 30.3 Å². The molecule has 8 aliphatic rings. The third-order valence-electron chi connectivity index (χ3n) is 17.3. The zero-order chi connectivity index (χ0) is 62.4. The molecule has 31 heteroatoms. The highest BCUT2D eigenvalue weighted by atomic mass is 16.8. The van der Waals surface area contributed by atoms with Crippen LogP contribution in [0.4, 0.5) is 0 Å². The lowest BCUT2D eigenvalue weighted by Crippen LogP contribution is -2.64. The number of aliphatic hydroxyl groups excluding tert-OH is 12. The molecule has 0 saturated carbocycles. The van der Waals surface area contributed by atoms with E-state index in [9.17, 15) is 86.8 Å². The minimum absolute atomic E-state index is 0.1000. The largest absolute Gasteiger partial charge is 0.508 e. The third kappa shape index (κ3) is 9.54. The lowest BCUT2D eigenvalue weighted by atomic mass is 9.74. The summed E-state index contributed by atoms with van der Waals surface area (Å²) in [5.74, 6) is -14.6. The molecule has 31 nitrogen and oxygen atoms in total. The number of Topliss-reactive ketones (excluding diaryl/α,β-unsaturated/α-hetero) is 1. The number of benzene rings is 4. The Hall–Kier alpha value is -6.25. The first kappa shape index (κ1) is 61.0. The second-order valence-electron chi connectivity index (χ2n) is 22.5. The summed E-state index contributed by atoms with van der Waals surface area (Å²) < 4.78 is 79.1. The lowest BCUT2D eigenvalue weighted by Gasteiger charge is -2.53. The Labute approximate surface area is 490 Å². The van der Waals surface area contributed by atoms with Crippen LogP contribution in [-0.2, 0) is 43.7 Å². The molecular formula is C56H64O31. The van der Waals surface area contributed by atoms with Crippen LogP contribution < -0.4 is 23.7 Å². The van der Waals surface area contributed by atoms with Crippen molar-refractivity contribution in [3.8, 4) is 57.5 Å². The Morgan fingerprint density at radius 2 is 1.01 bits per heavy atom. The molecule has 17 N–H and O–H groups in total. The van der Waals surface area contributed by atoms with Crippen LogP contribution >= 0.6 is 0 Å². The summed E-state index contributed by atoms with van der Waals surface area (Å²) >= 11 is 0. The number of fused-ring (bicyclic) bond motifs is 12. The first-order chi connectivity index (χ1) is 41.2. The lowest BCUT2D eigenvalue weighted by molar-refractivity contribution is -0.355. The zero-order valence-electron chi connectivity index (χ0n) is 46.1.